The number of benzene rings is 3. The van der Waals surface area contributed by atoms with Gasteiger partial charge in [-0.2, -0.15) is 0 Å². The first-order valence-corrected chi connectivity index (χ1v) is 10.1. The zero-order valence-corrected chi connectivity index (χ0v) is 18.1. The Bertz CT molecular complexity index is 1070. The van der Waals surface area contributed by atoms with Gasteiger partial charge >= 0.3 is 0 Å². The molecule has 160 valence electrons. The molecule has 0 saturated heterocycles. The van der Waals surface area contributed by atoms with Gasteiger partial charge in [0, 0.05) is 17.8 Å². The van der Waals surface area contributed by atoms with Gasteiger partial charge in [-0.05, 0) is 36.8 Å². The van der Waals surface area contributed by atoms with Crippen LogP contribution in [-0.2, 0) is 6.54 Å². The molecule has 0 spiro atoms. The minimum absolute atomic E-state index is 0.0336. The van der Waals surface area contributed by atoms with Gasteiger partial charge in [0.25, 0.3) is 5.91 Å². The summed E-state index contributed by atoms with van der Waals surface area (Å²) in [6.45, 7) is 2.51. The summed E-state index contributed by atoms with van der Waals surface area (Å²) in [6, 6.07) is 19.5. The smallest absolute Gasteiger partial charge is 0.258 e. The Balaban J connectivity index is 1.81. The van der Waals surface area contributed by atoms with Crippen molar-refractivity contribution >= 4 is 11.6 Å². The Hall–Kier alpha value is -3.67. The van der Waals surface area contributed by atoms with Crippen LogP contribution in [0.1, 0.15) is 33.2 Å². The molecular formula is C25H26N2O4. The van der Waals surface area contributed by atoms with Crippen LogP contribution in [0.25, 0.3) is 0 Å². The van der Waals surface area contributed by atoms with Crippen LogP contribution in [0, 0.1) is 6.92 Å². The Kier molecular flexibility index (Phi) is 5.71. The molecule has 31 heavy (non-hydrogen) atoms. The summed E-state index contributed by atoms with van der Waals surface area (Å²) in [5, 5.41) is 3.52. The largest absolute Gasteiger partial charge is 0.493 e. The van der Waals surface area contributed by atoms with Gasteiger partial charge in [-0.15, -0.1) is 0 Å². The number of hydrogen-bond donors (Lipinski definition) is 1. The number of aryl methyl sites for hydroxylation is 1. The Morgan fingerprint density at radius 3 is 2.16 bits per heavy atom. The minimum atomic E-state index is -0.405. The number of amides is 1. The van der Waals surface area contributed by atoms with Crippen LogP contribution in [0.3, 0.4) is 0 Å². The fraction of sp³-hybridized carbons (Fsp3) is 0.240. The van der Waals surface area contributed by atoms with Crippen molar-refractivity contribution in [1.82, 2.24) is 4.90 Å². The highest BCUT2D eigenvalue weighted by Crippen LogP contribution is 2.42. The van der Waals surface area contributed by atoms with Crippen LogP contribution >= 0.6 is 0 Å². The number of carbonyl (C=O) groups excluding carboxylic acids is 1. The Morgan fingerprint density at radius 1 is 0.903 bits per heavy atom. The highest BCUT2D eigenvalue weighted by molar-refractivity contribution is 6.01. The summed E-state index contributed by atoms with van der Waals surface area (Å²) in [4.78, 5) is 15.3. The van der Waals surface area contributed by atoms with Crippen molar-refractivity contribution in [2.24, 2.45) is 0 Å². The number of para-hydroxylation sites is 1. The molecule has 0 radical (unpaired) electrons. The molecule has 1 heterocycles. The van der Waals surface area contributed by atoms with E-state index in [0.29, 0.717) is 29.4 Å². The lowest BCUT2D eigenvalue weighted by Crippen LogP contribution is -2.42. The number of nitrogens with one attached hydrogen (secondary N) is 1. The molecule has 3 aromatic rings. The summed E-state index contributed by atoms with van der Waals surface area (Å²) in [7, 11) is 4.74. The van der Waals surface area contributed by atoms with Gasteiger partial charge in [-0.3, -0.25) is 4.79 Å². The van der Waals surface area contributed by atoms with Crippen molar-refractivity contribution in [2.45, 2.75) is 19.6 Å². The number of anilines is 1. The van der Waals surface area contributed by atoms with Crippen LogP contribution in [-0.4, -0.2) is 32.1 Å². The van der Waals surface area contributed by atoms with Gasteiger partial charge in [-0.25, -0.2) is 0 Å². The highest BCUT2D eigenvalue weighted by Gasteiger charge is 2.34. The molecule has 1 atom stereocenters. The monoisotopic (exact) mass is 418 g/mol. The van der Waals surface area contributed by atoms with E-state index in [1.807, 2.05) is 48.2 Å². The van der Waals surface area contributed by atoms with E-state index in [0.717, 1.165) is 16.8 Å². The minimum Gasteiger partial charge on any atom is -0.493 e. The molecule has 1 amide bonds. The molecule has 0 unspecified atom stereocenters. The van der Waals surface area contributed by atoms with Crippen molar-refractivity contribution in [3.63, 3.8) is 0 Å². The Labute approximate surface area is 182 Å². The lowest BCUT2D eigenvalue weighted by molar-refractivity contribution is 0.0666. The quantitative estimate of drug-likeness (QED) is 0.624. The van der Waals surface area contributed by atoms with Crippen LogP contribution in [0.5, 0.6) is 17.2 Å². The third kappa shape index (κ3) is 3.89. The molecule has 1 aliphatic heterocycles. The zero-order valence-electron chi connectivity index (χ0n) is 18.1. The maximum Gasteiger partial charge on any atom is 0.258 e. The highest BCUT2D eigenvalue weighted by atomic mass is 16.5. The maximum absolute atomic E-state index is 13.5. The number of rotatable bonds is 6. The van der Waals surface area contributed by atoms with Gasteiger partial charge in [0.05, 0.1) is 26.9 Å². The molecule has 1 N–H and O–H groups in total. The standard InChI is InChI=1S/C25H26N2O4/c1-16-9-11-17(12-10-16)15-27-24(26-20-8-6-5-7-19(20)25(27)28)18-13-21(29-2)23(31-4)22(14-18)30-3/h5-14,24,26H,15H2,1-4H3/t24-/m1/s1. The van der Waals surface area contributed by atoms with Crippen molar-refractivity contribution in [3.05, 3.63) is 82.9 Å². The number of nitrogens with zero attached hydrogens (tertiary/aromatic N) is 1. The normalized spacial score (nSPS) is 15.2. The van der Waals surface area contributed by atoms with Gasteiger partial charge in [-0.1, -0.05) is 42.0 Å². The SMILES string of the molecule is COc1cc([C@@H]2Nc3ccccc3C(=O)N2Cc2ccc(C)cc2)cc(OC)c1OC. The number of methoxy groups -OCH3 is 3. The van der Waals surface area contributed by atoms with Crippen LogP contribution in [0.4, 0.5) is 5.69 Å². The predicted molar refractivity (Wildman–Crippen MR) is 120 cm³/mol. The summed E-state index contributed by atoms with van der Waals surface area (Å²) in [6.07, 6.45) is -0.405. The average Bonchev–Trinajstić information content (AvgIpc) is 2.81. The molecule has 0 saturated carbocycles. The van der Waals surface area contributed by atoms with Gasteiger partial charge in [0.2, 0.25) is 5.75 Å². The second-order valence-electron chi connectivity index (χ2n) is 7.47. The van der Waals surface area contributed by atoms with E-state index in [9.17, 15) is 4.79 Å². The molecule has 4 rings (SSSR count). The lowest BCUT2D eigenvalue weighted by Gasteiger charge is -2.38. The van der Waals surface area contributed by atoms with E-state index in [-0.39, 0.29) is 5.91 Å². The predicted octanol–water partition coefficient (Wildman–Crippen LogP) is 4.79. The fourth-order valence-electron chi connectivity index (χ4n) is 3.87. The molecule has 0 aromatic heterocycles. The van der Waals surface area contributed by atoms with Crippen LogP contribution < -0.4 is 19.5 Å². The molecular weight excluding hydrogens is 392 g/mol. The third-order valence-corrected chi connectivity index (χ3v) is 5.50. The molecule has 0 fully saturated rings. The average molecular weight is 418 g/mol. The summed E-state index contributed by atoms with van der Waals surface area (Å²) in [5.74, 6) is 1.57. The van der Waals surface area contributed by atoms with Crippen LogP contribution in [0.2, 0.25) is 0 Å². The summed E-state index contributed by atoms with van der Waals surface area (Å²) in [5.41, 5.74) is 4.52. The lowest BCUT2D eigenvalue weighted by atomic mass is 10.0. The molecule has 0 bridgehead atoms. The van der Waals surface area contributed by atoms with E-state index in [1.54, 1.807) is 21.3 Å². The molecule has 1 aliphatic rings. The second kappa shape index (κ2) is 8.60. The van der Waals surface area contributed by atoms with E-state index in [4.69, 9.17) is 14.2 Å². The van der Waals surface area contributed by atoms with Crippen molar-refractivity contribution in [2.75, 3.05) is 26.6 Å². The van der Waals surface area contributed by atoms with Crippen LogP contribution in [0.15, 0.2) is 60.7 Å². The van der Waals surface area contributed by atoms with Crippen molar-refractivity contribution in [3.8, 4) is 17.2 Å². The van der Waals surface area contributed by atoms with E-state index in [1.165, 1.54) is 5.56 Å². The van der Waals surface area contributed by atoms with Gasteiger partial charge < -0.3 is 24.4 Å². The second-order valence-corrected chi connectivity index (χ2v) is 7.47. The van der Waals surface area contributed by atoms with Crippen molar-refractivity contribution in [1.29, 1.82) is 0 Å². The molecule has 3 aromatic carbocycles. The van der Waals surface area contributed by atoms with Gasteiger partial charge in [0.1, 0.15) is 6.17 Å². The first kappa shape index (κ1) is 20.6. The van der Waals surface area contributed by atoms with Crippen molar-refractivity contribution < 1.29 is 19.0 Å². The van der Waals surface area contributed by atoms with E-state index >= 15 is 0 Å². The fourth-order valence-corrected chi connectivity index (χ4v) is 3.87. The number of fused-ring (bicyclic) bond motifs is 1. The topological polar surface area (TPSA) is 60.0 Å². The first-order chi connectivity index (χ1) is 15.0. The molecule has 0 aliphatic carbocycles. The third-order valence-electron chi connectivity index (χ3n) is 5.50. The Morgan fingerprint density at radius 2 is 1.55 bits per heavy atom. The number of hydrogen-bond acceptors (Lipinski definition) is 5. The maximum atomic E-state index is 13.5. The zero-order chi connectivity index (χ0) is 22.0. The number of carbonyl (C=O) groups is 1. The van der Waals surface area contributed by atoms with E-state index < -0.39 is 6.17 Å². The first-order valence-electron chi connectivity index (χ1n) is 10.1. The van der Waals surface area contributed by atoms with Gasteiger partial charge in [0.15, 0.2) is 11.5 Å². The number of ether oxygens (including phenoxy) is 3. The summed E-state index contributed by atoms with van der Waals surface area (Å²) >= 11 is 0. The molecule has 6 nitrogen and oxygen atoms in total. The van der Waals surface area contributed by atoms with E-state index in [2.05, 4.69) is 29.6 Å². The summed E-state index contributed by atoms with van der Waals surface area (Å²) < 4.78 is 16.5. The molecule has 6 heteroatoms.